The van der Waals surface area contributed by atoms with Gasteiger partial charge in [0.2, 0.25) is 5.95 Å². The van der Waals surface area contributed by atoms with Crippen LogP contribution in [0.25, 0.3) is 11.0 Å². The van der Waals surface area contributed by atoms with Gasteiger partial charge in [0.25, 0.3) is 0 Å². The number of aromatic nitrogens is 2. The Hall–Kier alpha value is -2.69. The van der Waals surface area contributed by atoms with E-state index in [0.717, 1.165) is 34.0 Å². The zero-order valence-corrected chi connectivity index (χ0v) is 11.4. The minimum Gasteiger partial charge on any atom is -0.486 e. The van der Waals surface area contributed by atoms with E-state index in [4.69, 9.17) is 9.47 Å². The predicted molar refractivity (Wildman–Crippen MR) is 80.9 cm³/mol. The van der Waals surface area contributed by atoms with Gasteiger partial charge in [-0.15, -0.1) is 0 Å². The van der Waals surface area contributed by atoms with Gasteiger partial charge in [-0.05, 0) is 29.8 Å². The molecule has 5 nitrogen and oxygen atoms in total. The summed E-state index contributed by atoms with van der Waals surface area (Å²) in [6, 6.07) is 14.0. The molecule has 0 saturated heterocycles. The molecule has 2 N–H and O–H groups in total. The van der Waals surface area contributed by atoms with Crippen molar-refractivity contribution in [2.75, 3.05) is 18.5 Å². The van der Waals surface area contributed by atoms with E-state index < -0.39 is 0 Å². The Morgan fingerprint density at radius 2 is 1.90 bits per heavy atom. The fraction of sp³-hybridized carbons (Fsp3) is 0.188. The van der Waals surface area contributed by atoms with Gasteiger partial charge in [-0.1, -0.05) is 18.2 Å². The minimum atomic E-state index is 0.605. The Balaban J connectivity index is 1.51. The highest BCUT2D eigenvalue weighted by atomic mass is 16.6. The average Bonchev–Trinajstić information content (AvgIpc) is 2.95. The van der Waals surface area contributed by atoms with Crippen molar-refractivity contribution >= 4 is 17.0 Å². The number of imidazole rings is 1. The summed E-state index contributed by atoms with van der Waals surface area (Å²) in [5.41, 5.74) is 3.11. The number of ether oxygens (including phenoxy) is 2. The third kappa shape index (κ3) is 2.38. The summed E-state index contributed by atoms with van der Waals surface area (Å²) in [5.74, 6) is 2.39. The molecule has 4 rings (SSSR count). The third-order valence-electron chi connectivity index (χ3n) is 3.46. The number of aromatic amines is 1. The molecule has 0 fully saturated rings. The molecule has 0 amide bonds. The lowest BCUT2D eigenvalue weighted by atomic mass is 10.2. The number of benzene rings is 2. The summed E-state index contributed by atoms with van der Waals surface area (Å²) in [4.78, 5) is 7.74. The standard InChI is InChI=1S/C16H15N3O2/c1-2-4-13-12(3-1)18-16(19-13)17-10-11-5-6-14-15(9-11)21-8-7-20-14/h1-6,9H,7-8,10H2,(H2,17,18,19). The number of anilines is 1. The van der Waals surface area contributed by atoms with Crippen molar-refractivity contribution in [1.29, 1.82) is 0 Å². The van der Waals surface area contributed by atoms with Gasteiger partial charge >= 0.3 is 0 Å². The van der Waals surface area contributed by atoms with E-state index in [0.29, 0.717) is 19.8 Å². The van der Waals surface area contributed by atoms with Gasteiger partial charge in [0.15, 0.2) is 11.5 Å². The molecular weight excluding hydrogens is 266 g/mol. The van der Waals surface area contributed by atoms with Gasteiger partial charge in [0.05, 0.1) is 11.0 Å². The lowest BCUT2D eigenvalue weighted by molar-refractivity contribution is 0.171. The summed E-state index contributed by atoms with van der Waals surface area (Å²) in [6.45, 7) is 1.90. The van der Waals surface area contributed by atoms with Crippen molar-refractivity contribution in [2.45, 2.75) is 6.54 Å². The SMILES string of the molecule is c1ccc2[nH]c(NCc3ccc4c(c3)OCCO4)nc2c1. The van der Waals surface area contributed by atoms with Gasteiger partial charge in [-0.3, -0.25) is 0 Å². The van der Waals surface area contributed by atoms with Crippen LogP contribution in [-0.4, -0.2) is 23.2 Å². The van der Waals surface area contributed by atoms with Crippen LogP contribution >= 0.6 is 0 Å². The zero-order chi connectivity index (χ0) is 14.1. The molecule has 0 atom stereocenters. The van der Waals surface area contributed by atoms with E-state index in [1.807, 2.05) is 42.5 Å². The van der Waals surface area contributed by atoms with Crippen LogP contribution in [0.2, 0.25) is 0 Å². The quantitative estimate of drug-likeness (QED) is 0.775. The Labute approximate surface area is 121 Å². The number of fused-ring (bicyclic) bond motifs is 2. The van der Waals surface area contributed by atoms with Gasteiger partial charge in [-0.2, -0.15) is 0 Å². The zero-order valence-electron chi connectivity index (χ0n) is 11.4. The van der Waals surface area contributed by atoms with Crippen molar-refractivity contribution in [3.05, 3.63) is 48.0 Å². The first kappa shape index (κ1) is 12.1. The number of hydrogen-bond acceptors (Lipinski definition) is 4. The number of rotatable bonds is 3. The predicted octanol–water partition coefficient (Wildman–Crippen LogP) is 2.95. The number of nitrogens with zero attached hydrogens (tertiary/aromatic N) is 1. The topological polar surface area (TPSA) is 59.2 Å². The van der Waals surface area contributed by atoms with Crippen LogP contribution in [0.3, 0.4) is 0 Å². The van der Waals surface area contributed by atoms with Crippen LogP contribution in [0.1, 0.15) is 5.56 Å². The molecule has 0 unspecified atom stereocenters. The normalized spacial score (nSPS) is 13.3. The van der Waals surface area contributed by atoms with E-state index in [2.05, 4.69) is 15.3 Å². The van der Waals surface area contributed by atoms with Gasteiger partial charge in [0, 0.05) is 6.54 Å². The molecule has 106 valence electrons. The van der Waals surface area contributed by atoms with Crippen LogP contribution in [0.15, 0.2) is 42.5 Å². The first-order valence-corrected chi connectivity index (χ1v) is 6.96. The van der Waals surface area contributed by atoms with E-state index in [1.165, 1.54) is 0 Å². The van der Waals surface area contributed by atoms with Gasteiger partial charge < -0.3 is 19.8 Å². The largest absolute Gasteiger partial charge is 0.486 e. The Bertz CT molecular complexity index is 749. The molecule has 0 saturated carbocycles. The van der Waals surface area contributed by atoms with Crippen molar-refractivity contribution in [2.24, 2.45) is 0 Å². The molecule has 21 heavy (non-hydrogen) atoms. The minimum absolute atomic E-state index is 0.605. The molecule has 3 aromatic rings. The smallest absolute Gasteiger partial charge is 0.201 e. The Morgan fingerprint density at radius 3 is 2.81 bits per heavy atom. The molecule has 1 aliphatic heterocycles. The van der Waals surface area contributed by atoms with Crippen LogP contribution in [-0.2, 0) is 6.54 Å². The Morgan fingerprint density at radius 1 is 1.05 bits per heavy atom. The molecule has 0 spiro atoms. The van der Waals surface area contributed by atoms with Crippen molar-refractivity contribution < 1.29 is 9.47 Å². The highest BCUT2D eigenvalue weighted by Crippen LogP contribution is 2.30. The summed E-state index contributed by atoms with van der Waals surface area (Å²) in [5, 5.41) is 3.29. The maximum Gasteiger partial charge on any atom is 0.201 e. The van der Waals surface area contributed by atoms with Gasteiger partial charge in [0.1, 0.15) is 13.2 Å². The summed E-state index contributed by atoms with van der Waals surface area (Å²) in [6.07, 6.45) is 0. The lowest BCUT2D eigenvalue weighted by Crippen LogP contribution is -2.15. The maximum absolute atomic E-state index is 5.59. The van der Waals surface area contributed by atoms with Crippen LogP contribution in [0.4, 0.5) is 5.95 Å². The highest BCUT2D eigenvalue weighted by Gasteiger charge is 2.11. The summed E-state index contributed by atoms with van der Waals surface area (Å²) in [7, 11) is 0. The van der Waals surface area contributed by atoms with Crippen molar-refractivity contribution in [3.8, 4) is 11.5 Å². The molecule has 1 aliphatic rings. The molecule has 0 bridgehead atoms. The van der Waals surface area contributed by atoms with E-state index >= 15 is 0 Å². The highest BCUT2D eigenvalue weighted by molar-refractivity contribution is 5.77. The van der Waals surface area contributed by atoms with Gasteiger partial charge in [-0.25, -0.2) is 4.98 Å². The van der Waals surface area contributed by atoms with Crippen LogP contribution < -0.4 is 14.8 Å². The number of para-hydroxylation sites is 2. The average molecular weight is 281 g/mol. The summed E-state index contributed by atoms with van der Waals surface area (Å²) >= 11 is 0. The van der Waals surface area contributed by atoms with Crippen LogP contribution in [0.5, 0.6) is 11.5 Å². The fourth-order valence-electron chi connectivity index (χ4n) is 2.42. The lowest BCUT2D eigenvalue weighted by Gasteiger charge is -2.18. The first-order valence-electron chi connectivity index (χ1n) is 6.96. The Kier molecular flexibility index (Phi) is 2.88. The monoisotopic (exact) mass is 281 g/mol. The molecule has 1 aromatic heterocycles. The van der Waals surface area contributed by atoms with Crippen molar-refractivity contribution in [3.63, 3.8) is 0 Å². The number of H-pyrrole nitrogens is 1. The summed E-state index contributed by atoms with van der Waals surface area (Å²) < 4.78 is 11.1. The second-order valence-electron chi connectivity index (χ2n) is 4.93. The fourth-order valence-corrected chi connectivity index (χ4v) is 2.42. The molecule has 2 heterocycles. The number of nitrogens with one attached hydrogen (secondary N) is 2. The molecule has 0 radical (unpaired) electrons. The molecule has 0 aliphatic carbocycles. The van der Waals surface area contributed by atoms with Crippen LogP contribution in [0, 0.1) is 0 Å². The number of hydrogen-bond donors (Lipinski definition) is 2. The second-order valence-corrected chi connectivity index (χ2v) is 4.93. The molecular formula is C16H15N3O2. The first-order chi connectivity index (χ1) is 10.4. The maximum atomic E-state index is 5.59. The van der Waals surface area contributed by atoms with E-state index in [1.54, 1.807) is 0 Å². The van der Waals surface area contributed by atoms with E-state index in [-0.39, 0.29) is 0 Å². The molecule has 5 heteroatoms. The van der Waals surface area contributed by atoms with E-state index in [9.17, 15) is 0 Å². The third-order valence-corrected chi connectivity index (χ3v) is 3.46. The second kappa shape index (κ2) is 5.01. The molecule has 2 aromatic carbocycles. The van der Waals surface area contributed by atoms with Crippen molar-refractivity contribution in [1.82, 2.24) is 9.97 Å².